The fourth-order valence-corrected chi connectivity index (χ4v) is 4.31. The van der Waals surface area contributed by atoms with E-state index in [1.165, 1.54) is 24.3 Å². The molecule has 3 aromatic carbocycles. The zero-order valence-electron chi connectivity index (χ0n) is 24.4. The molecule has 2 amide bonds. The second kappa shape index (κ2) is 14.8. The monoisotopic (exact) mass is 678 g/mol. The first-order valence-corrected chi connectivity index (χ1v) is 13.7. The number of carbonyl (C=O) groups excluding carboxylic acids is 3. The standard InChI is InChI=1S/C31H27F9N2O5/c1-19-3-5-20(6-4-19)25(43)18-28(30(35,36)37,21-7-11-23(12-8-21)46-16-2-15-29(32,33)34)42-27(45)17-26(44)41-22-9-13-24(14-10-22)47-31(38,39)40/h3-14H,2,15-18H2,1H3,(H,41,44)(H,42,45). The van der Waals surface area contributed by atoms with E-state index in [0.29, 0.717) is 0 Å². The van der Waals surface area contributed by atoms with Gasteiger partial charge in [0.1, 0.15) is 17.9 Å². The van der Waals surface area contributed by atoms with Crippen LogP contribution in [0.2, 0.25) is 0 Å². The Morgan fingerprint density at radius 3 is 1.83 bits per heavy atom. The van der Waals surface area contributed by atoms with Crippen LogP contribution in [0.25, 0.3) is 0 Å². The van der Waals surface area contributed by atoms with Crippen molar-refractivity contribution in [3.8, 4) is 11.5 Å². The maximum Gasteiger partial charge on any atom is 0.573 e. The lowest BCUT2D eigenvalue weighted by Crippen LogP contribution is -2.57. The summed E-state index contributed by atoms with van der Waals surface area (Å²) in [5.41, 5.74) is -3.49. The molecule has 1 unspecified atom stereocenters. The Kier molecular flexibility index (Phi) is 11.5. The first kappa shape index (κ1) is 36.7. The first-order valence-electron chi connectivity index (χ1n) is 13.7. The summed E-state index contributed by atoms with van der Waals surface area (Å²) >= 11 is 0. The number of halogens is 9. The SMILES string of the molecule is Cc1ccc(C(=O)CC(NC(=O)CC(=O)Nc2ccc(OC(F)(F)F)cc2)(c2ccc(OCCCC(F)(F)F)cc2)C(F)(F)F)cc1. The number of carbonyl (C=O) groups is 3. The number of nitrogens with one attached hydrogen (secondary N) is 2. The Labute approximate surface area is 262 Å². The average molecular weight is 679 g/mol. The maximum absolute atomic E-state index is 15.0. The smallest absolute Gasteiger partial charge is 0.494 e. The van der Waals surface area contributed by atoms with E-state index in [4.69, 9.17) is 4.74 Å². The molecular formula is C31H27F9N2O5. The number of hydrogen-bond acceptors (Lipinski definition) is 5. The molecular weight excluding hydrogens is 651 g/mol. The fourth-order valence-electron chi connectivity index (χ4n) is 4.31. The summed E-state index contributed by atoms with van der Waals surface area (Å²) in [4.78, 5) is 38.6. The third kappa shape index (κ3) is 11.2. The molecule has 0 aromatic heterocycles. The van der Waals surface area contributed by atoms with E-state index >= 15 is 0 Å². The molecule has 47 heavy (non-hydrogen) atoms. The molecule has 1 atom stereocenters. The van der Waals surface area contributed by atoms with Gasteiger partial charge in [-0.15, -0.1) is 13.2 Å². The van der Waals surface area contributed by atoms with Gasteiger partial charge in [0.05, 0.1) is 6.61 Å². The molecule has 3 aromatic rings. The van der Waals surface area contributed by atoms with Gasteiger partial charge in [0, 0.05) is 24.1 Å². The summed E-state index contributed by atoms with van der Waals surface area (Å²) < 4.78 is 128. The minimum atomic E-state index is -5.33. The summed E-state index contributed by atoms with van der Waals surface area (Å²) in [5, 5.41) is 3.95. The molecule has 0 spiro atoms. The van der Waals surface area contributed by atoms with Crippen LogP contribution in [0.1, 0.15) is 47.2 Å². The van der Waals surface area contributed by atoms with Gasteiger partial charge < -0.3 is 20.1 Å². The number of alkyl halides is 9. The van der Waals surface area contributed by atoms with Gasteiger partial charge in [-0.1, -0.05) is 42.0 Å². The van der Waals surface area contributed by atoms with Crippen molar-refractivity contribution >= 4 is 23.3 Å². The van der Waals surface area contributed by atoms with Crippen molar-refractivity contribution in [3.63, 3.8) is 0 Å². The third-order valence-corrected chi connectivity index (χ3v) is 6.55. The maximum atomic E-state index is 15.0. The van der Waals surface area contributed by atoms with Crippen LogP contribution in [0.4, 0.5) is 45.2 Å². The van der Waals surface area contributed by atoms with Gasteiger partial charge in [0.2, 0.25) is 11.8 Å². The molecule has 0 saturated carbocycles. The lowest BCUT2D eigenvalue weighted by Gasteiger charge is -2.37. The third-order valence-electron chi connectivity index (χ3n) is 6.55. The topological polar surface area (TPSA) is 93.7 Å². The van der Waals surface area contributed by atoms with E-state index in [9.17, 15) is 53.9 Å². The lowest BCUT2D eigenvalue weighted by molar-refractivity contribution is -0.274. The zero-order valence-corrected chi connectivity index (χ0v) is 24.4. The predicted molar refractivity (Wildman–Crippen MR) is 150 cm³/mol. The minimum absolute atomic E-state index is 0.0748. The molecule has 0 aliphatic carbocycles. The molecule has 0 bridgehead atoms. The number of amides is 2. The summed E-state index contributed by atoms with van der Waals surface area (Å²) in [6.07, 6.45) is -18.8. The molecule has 0 radical (unpaired) electrons. The van der Waals surface area contributed by atoms with Crippen LogP contribution in [0.5, 0.6) is 11.5 Å². The van der Waals surface area contributed by atoms with Crippen molar-refractivity contribution in [2.24, 2.45) is 0 Å². The van der Waals surface area contributed by atoms with Gasteiger partial charge in [0.25, 0.3) is 0 Å². The van der Waals surface area contributed by atoms with E-state index in [-0.39, 0.29) is 23.6 Å². The number of ketones is 1. The highest BCUT2D eigenvalue weighted by molar-refractivity contribution is 6.04. The van der Waals surface area contributed by atoms with Gasteiger partial charge in [-0.25, -0.2) is 0 Å². The van der Waals surface area contributed by atoms with Gasteiger partial charge in [-0.3, -0.25) is 14.4 Å². The lowest BCUT2D eigenvalue weighted by atomic mass is 9.82. The number of rotatable bonds is 13. The summed E-state index contributed by atoms with van der Waals surface area (Å²) in [6, 6.07) is 13.2. The summed E-state index contributed by atoms with van der Waals surface area (Å²) in [7, 11) is 0. The first-order chi connectivity index (χ1) is 21.8. The highest BCUT2D eigenvalue weighted by Gasteiger charge is 2.58. The minimum Gasteiger partial charge on any atom is -0.494 e. The van der Waals surface area contributed by atoms with E-state index in [1.54, 1.807) is 12.2 Å². The van der Waals surface area contributed by atoms with Crippen LogP contribution < -0.4 is 20.1 Å². The van der Waals surface area contributed by atoms with Crippen LogP contribution in [0, 0.1) is 6.92 Å². The predicted octanol–water partition coefficient (Wildman–Crippen LogP) is 7.79. The number of hydrogen-bond donors (Lipinski definition) is 2. The molecule has 16 heteroatoms. The van der Waals surface area contributed by atoms with Crippen molar-refractivity contribution < 1.29 is 63.4 Å². The Balaban J connectivity index is 1.85. The van der Waals surface area contributed by atoms with E-state index < -0.39 is 78.8 Å². The number of Topliss-reactive ketones (excluding diaryl/α,β-unsaturated/α-hetero) is 1. The Morgan fingerprint density at radius 1 is 0.723 bits per heavy atom. The zero-order chi connectivity index (χ0) is 35.0. The van der Waals surface area contributed by atoms with E-state index in [2.05, 4.69) is 10.1 Å². The quantitative estimate of drug-likeness (QED) is 0.0834. The number of aryl methyl sites for hydroxylation is 1. The summed E-state index contributed by atoms with van der Waals surface area (Å²) in [6.45, 7) is 1.30. The fraction of sp³-hybridized carbons (Fsp3) is 0.323. The molecule has 2 N–H and O–H groups in total. The Hall–Kier alpha value is -4.76. The highest BCUT2D eigenvalue weighted by Crippen LogP contribution is 2.43. The largest absolute Gasteiger partial charge is 0.573 e. The second-order valence-corrected chi connectivity index (χ2v) is 10.3. The van der Waals surface area contributed by atoms with Gasteiger partial charge in [0.15, 0.2) is 11.3 Å². The van der Waals surface area contributed by atoms with Crippen molar-refractivity contribution in [2.45, 2.75) is 56.9 Å². The van der Waals surface area contributed by atoms with Crippen molar-refractivity contribution in [1.82, 2.24) is 5.32 Å². The van der Waals surface area contributed by atoms with Crippen LogP contribution in [0.3, 0.4) is 0 Å². The molecule has 254 valence electrons. The number of benzene rings is 3. The van der Waals surface area contributed by atoms with Crippen LogP contribution in [-0.2, 0) is 15.1 Å². The van der Waals surface area contributed by atoms with Crippen molar-refractivity contribution in [2.75, 3.05) is 11.9 Å². The molecule has 7 nitrogen and oxygen atoms in total. The van der Waals surface area contributed by atoms with Crippen molar-refractivity contribution in [3.05, 3.63) is 89.5 Å². The summed E-state index contributed by atoms with van der Waals surface area (Å²) in [5.74, 6) is -4.29. The van der Waals surface area contributed by atoms with Gasteiger partial charge in [-0.2, -0.15) is 26.3 Å². The Bertz CT molecular complexity index is 1520. The molecule has 3 rings (SSSR count). The molecule has 0 aliphatic heterocycles. The highest BCUT2D eigenvalue weighted by atomic mass is 19.4. The van der Waals surface area contributed by atoms with Gasteiger partial charge >= 0.3 is 18.7 Å². The molecule has 0 aliphatic rings. The number of anilines is 1. The molecule has 0 saturated heterocycles. The molecule has 0 heterocycles. The number of ether oxygens (including phenoxy) is 2. The van der Waals surface area contributed by atoms with Crippen LogP contribution in [-0.4, -0.2) is 42.9 Å². The van der Waals surface area contributed by atoms with E-state index in [1.807, 2.05) is 0 Å². The van der Waals surface area contributed by atoms with Crippen LogP contribution >= 0.6 is 0 Å². The Morgan fingerprint density at radius 2 is 1.30 bits per heavy atom. The molecule has 0 fully saturated rings. The second-order valence-electron chi connectivity index (χ2n) is 10.3. The van der Waals surface area contributed by atoms with Crippen LogP contribution in [0.15, 0.2) is 72.8 Å². The van der Waals surface area contributed by atoms with E-state index in [0.717, 1.165) is 54.1 Å². The van der Waals surface area contributed by atoms with Gasteiger partial charge in [-0.05, 0) is 55.3 Å². The van der Waals surface area contributed by atoms with Crippen molar-refractivity contribution in [1.29, 1.82) is 0 Å². The average Bonchev–Trinajstić information content (AvgIpc) is 2.94. The normalized spacial score (nSPS) is 13.3.